The third-order valence-electron chi connectivity index (χ3n) is 6.00. The van der Waals surface area contributed by atoms with Gasteiger partial charge in [0.05, 0.1) is 23.8 Å². The van der Waals surface area contributed by atoms with E-state index in [9.17, 15) is 23.9 Å². The van der Waals surface area contributed by atoms with E-state index < -0.39 is 29.8 Å². The first kappa shape index (κ1) is 29.7. The Kier molecular flexibility index (Phi) is 9.46. The molecule has 8 nitrogen and oxygen atoms in total. The van der Waals surface area contributed by atoms with Crippen molar-refractivity contribution in [2.24, 2.45) is 0 Å². The van der Waals surface area contributed by atoms with Crippen LogP contribution < -0.4 is 18.9 Å². The standard InChI is InChI=1S/C33H27FO8/c1-4-39-29-18-17-28(19-30(29)42-31(36)20(2)34)41-33(38)26-13-15-27(16-14-26)40-32(37)25-11-9-24(10-12-25)23-7-5-22(6-8-23)21(3)35/h5-19,21,35H,2,4H2,1,3H3. The number of halogens is 1. The fraction of sp³-hybridized carbons (Fsp3) is 0.121. The van der Waals surface area contributed by atoms with E-state index in [1.165, 1.54) is 42.5 Å². The maximum absolute atomic E-state index is 13.1. The lowest BCUT2D eigenvalue weighted by atomic mass is 10.0. The third-order valence-corrected chi connectivity index (χ3v) is 6.00. The molecule has 9 heteroatoms. The van der Waals surface area contributed by atoms with Crippen molar-refractivity contribution in [3.05, 3.63) is 120 Å². The van der Waals surface area contributed by atoms with Gasteiger partial charge in [0, 0.05) is 6.07 Å². The Bertz CT molecular complexity index is 1590. The van der Waals surface area contributed by atoms with Crippen molar-refractivity contribution in [3.63, 3.8) is 0 Å². The molecule has 0 bridgehead atoms. The number of hydrogen-bond donors (Lipinski definition) is 1. The predicted octanol–water partition coefficient (Wildman–Crippen LogP) is 6.63. The highest BCUT2D eigenvalue weighted by molar-refractivity contribution is 5.93. The number of carbonyl (C=O) groups excluding carboxylic acids is 3. The summed E-state index contributed by atoms with van der Waals surface area (Å²) in [5.41, 5.74) is 3.15. The zero-order valence-corrected chi connectivity index (χ0v) is 22.8. The van der Waals surface area contributed by atoms with Crippen LogP contribution in [-0.2, 0) is 4.79 Å². The molecule has 214 valence electrons. The Morgan fingerprint density at radius 3 is 1.76 bits per heavy atom. The van der Waals surface area contributed by atoms with Crippen LogP contribution in [0, 0.1) is 0 Å². The lowest BCUT2D eigenvalue weighted by molar-refractivity contribution is -0.131. The van der Waals surface area contributed by atoms with Crippen molar-refractivity contribution in [2.45, 2.75) is 20.0 Å². The third kappa shape index (κ3) is 7.47. The molecular weight excluding hydrogens is 543 g/mol. The predicted molar refractivity (Wildman–Crippen MR) is 152 cm³/mol. The quantitative estimate of drug-likeness (QED) is 0.129. The largest absolute Gasteiger partial charge is 0.490 e. The molecule has 0 aliphatic heterocycles. The van der Waals surface area contributed by atoms with Crippen molar-refractivity contribution in [3.8, 4) is 34.1 Å². The van der Waals surface area contributed by atoms with Crippen LogP contribution in [0.15, 0.2) is 103 Å². The number of aliphatic hydroxyl groups excluding tert-OH is 1. The van der Waals surface area contributed by atoms with Crippen LogP contribution in [0.1, 0.15) is 46.2 Å². The number of rotatable bonds is 10. The molecule has 1 atom stereocenters. The smallest absolute Gasteiger partial charge is 0.372 e. The Morgan fingerprint density at radius 1 is 0.738 bits per heavy atom. The first-order valence-corrected chi connectivity index (χ1v) is 12.9. The van der Waals surface area contributed by atoms with Crippen LogP contribution in [0.5, 0.6) is 23.0 Å². The maximum atomic E-state index is 13.1. The molecule has 0 aliphatic carbocycles. The fourth-order valence-electron chi connectivity index (χ4n) is 3.81. The van der Waals surface area contributed by atoms with Gasteiger partial charge >= 0.3 is 17.9 Å². The average molecular weight is 571 g/mol. The van der Waals surface area contributed by atoms with Gasteiger partial charge in [-0.25, -0.2) is 14.4 Å². The van der Waals surface area contributed by atoms with E-state index in [0.717, 1.165) is 16.7 Å². The molecule has 0 aromatic heterocycles. The SMILES string of the molecule is C=C(F)C(=O)Oc1cc(OC(=O)c2ccc(OC(=O)c3ccc(-c4ccc(C(C)O)cc4)cc3)cc2)ccc1OCC. The van der Waals surface area contributed by atoms with Gasteiger partial charge in [0.25, 0.3) is 0 Å². The fourth-order valence-corrected chi connectivity index (χ4v) is 3.81. The summed E-state index contributed by atoms with van der Waals surface area (Å²) in [6.07, 6.45) is -0.550. The van der Waals surface area contributed by atoms with E-state index in [0.29, 0.717) is 5.56 Å². The van der Waals surface area contributed by atoms with Crippen LogP contribution in [0.3, 0.4) is 0 Å². The first-order chi connectivity index (χ1) is 20.1. The van der Waals surface area contributed by atoms with Gasteiger partial charge in [-0.3, -0.25) is 0 Å². The second-order valence-electron chi connectivity index (χ2n) is 9.01. The molecule has 1 unspecified atom stereocenters. The molecule has 0 saturated carbocycles. The highest BCUT2D eigenvalue weighted by Crippen LogP contribution is 2.33. The number of ether oxygens (including phenoxy) is 4. The van der Waals surface area contributed by atoms with Crippen LogP contribution in [0.2, 0.25) is 0 Å². The second kappa shape index (κ2) is 13.4. The van der Waals surface area contributed by atoms with Crippen molar-refractivity contribution < 1.29 is 42.8 Å². The van der Waals surface area contributed by atoms with Crippen LogP contribution in [0.25, 0.3) is 11.1 Å². The summed E-state index contributed by atoms with van der Waals surface area (Å²) in [5, 5.41) is 9.67. The summed E-state index contributed by atoms with van der Waals surface area (Å²) >= 11 is 0. The Labute approximate surface area is 241 Å². The first-order valence-electron chi connectivity index (χ1n) is 12.9. The molecule has 0 radical (unpaired) electrons. The van der Waals surface area contributed by atoms with Crippen LogP contribution >= 0.6 is 0 Å². The second-order valence-corrected chi connectivity index (χ2v) is 9.01. The van der Waals surface area contributed by atoms with Gasteiger partial charge in [0.2, 0.25) is 5.83 Å². The molecule has 0 aliphatic rings. The monoisotopic (exact) mass is 570 g/mol. The highest BCUT2D eigenvalue weighted by Gasteiger charge is 2.17. The van der Waals surface area contributed by atoms with Gasteiger partial charge in [-0.05, 0) is 79.1 Å². The normalized spacial score (nSPS) is 11.2. The van der Waals surface area contributed by atoms with E-state index in [4.69, 9.17) is 18.9 Å². The molecule has 4 aromatic carbocycles. The number of benzene rings is 4. The minimum atomic E-state index is -1.30. The van der Waals surface area contributed by atoms with Crippen LogP contribution in [0.4, 0.5) is 4.39 Å². The molecular formula is C33H27FO8. The topological polar surface area (TPSA) is 108 Å². The summed E-state index contributed by atoms with van der Waals surface area (Å²) in [6, 6.07) is 24.2. The molecule has 0 fully saturated rings. The van der Waals surface area contributed by atoms with Crippen molar-refractivity contribution in [1.82, 2.24) is 0 Å². The van der Waals surface area contributed by atoms with E-state index in [-0.39, 0.29) is 35.2 Å². The lowest BCUT2D eigenvalue weighted by Gasteiger charge is -2.12. The zero-order valence-electron chi connectivity index (χ0n) is 22.8. The summed E-state index contributed by atoms with van der Waals surface area (Å²) in [4.78, 5) is 36.9. The lowest BCUT2D eigenvalue weighted by Crippen LogP contribution is -2.11. The molecule has 1 N–H and O–H groups in total. The summed E-state index contributed by atoms with van der Waals surface area (Å²) in [6.45, 7) is 6.56. The summed E-state index contributed by atoms with van der Waals surface area (Å²) in [7, 11) is 0. The average Bonchev–Trinajstić information content (AvgIpc) is 2.99. The number of carbonyl (C=O) groups is 3. The number of aliphatic hydroxyl groups is 1. The Hall–Kier alpha value is -5.28. The van der Waals surface area contributed by atoms with Crippen molar-refractivity contribution in [2.75, 3.05) is 6.61 Å². The summed E-state index contributed by atoms with van der Waals surface area (Å²) < 4.78 is 34.2. The van der Waals surface area contributed by atoms with E-state index in [1.54, 1.807) is 38.1 Å². The molecule has 0 amide bonds. The minimum absolute atomic E-state index is 0.0218. The molecule has 42 heavy (non-hydrogen) atoms. The molecule has 0 saturated heterocycles. The van der Waals surface area contributed by atoms with Gasteiger partial charge in [-0.2, -0.15) is 4.39 Å². The summed E-state index contributed by atoms with van der Waals surface area (Å²) in [5.74, 6) is -3.66. The number of hydrogen-bond acceptors (Lipinski definition) is 8. The zero-order chi connectivity index (χ0) is 30.2. The van der Waals surface area contributed by atoms with Gasteiger partial charge in [0.1, 0.15) is 11.5 Å². The molecule has 4 aromatic rings. The van der Waals surface area contributed by atoms with Gasteiger partial charge in [0.15, 0.2) is 11.5 Å². The van der Waals surface area contributed by atoms with Crippen molar-refractivity contribution in [1.29, 1.82) is 0 Å². The molecule has 0 heterocycles. The van der Waals surface area contributed by atoms with Gasteiger partial charge < -0.3 is 24.1 Å². The Morgan fingerprint density at radius 2 is 1.24 bits per heavy atom. The maximum Gasteiger partial charge on any atom is 0.372 e. The van der Waals surface area contributed by atoms with E-state index in [1.807, 2.05) is 24.3 Å². The Balaban J connectivity index is 1.38. The highest BCUT2D eigenvalue weighted by atomic mass is 19.1. The van der Waals surface area contributed by atoms with E-state index >= 15 is 0 Å². The van der Waals surface area contributed by atoms with Crippen molar-refractivity contribution >= 4 is 17.9 Å². The molecule has 4 rings (SSSR count). The minimum Gasteiger partial charge on any atom is -0.490 e. The van der Waals surface area contributed by atoms with Crippen LogP contribution in [-0.4, -0.2) is 29.6 Å². The van der Waals surface area contributed by atoms with E-state index in [2.05, 4.69) is 6.58 Å². The van der Waals surface area contributed by atoms with Gasteiger partial charge in [-0.1, -0.05) is 43.0 Å². The number of esters is 3. The van der Waals surface area contributed by atoms with Gasteiger partial charge in [-0.15, -0.1) is 0 Å². The molecule has 0 spiro atoms.